The Labute approximate surface area is 148 Å². The van der Waals surface area contributed by atoms with E-state index in [1.807, 2.05) is 37.3 Å². The van der Waals surface area contributed by atoms with Gasteiger partial charge in [-0.2, -0.15) is 0 Å². The molecule has 0 saturated heterocycles. The summed E-state index contributed by atoms with van der Waals surface area (Å²) in [6.07, 6.45) is 1.80. The minimum absolute atomic E-state index is 0.0212. The van der Waals surface area contributed by atoms with Gasteiger partial charge in [-0.3, -0.25) is 0 Å². The zero-order chi connectivity index (χ0) is 18.0. The van der Waals surface area contributed by atoms with Gasteiger partial charge in [-0.1, -0.05) is 26.0 Å². The number of urea groups is 1. The molecule has 1 unspecified atom stereocenters. The molecule has 0 aliphatic heterocycles. The van der Waals surface area contributed by atoms with Gasteiger partial charge in [-0.25, -0.2) is 4.79 Å². The fourth-order valence-electron chi connectivity index (χ4n) is 3.45. The SMILES string of the molecule is COc1ccc(CNC(=O)NC2CC(C)(C)Cc3oc(C)cc32)cc1. The summed E-state index contributed by atoms with van der Waals surface area (Å²) < 4.78 is 11.0. The molecule has 1 aliphatic rings. The fraction of sp³-hybridized carbons (Fsp3) is 0.450. The predicted octanol–water partition coefficient (Wildman–Crippen LogP) is 4.11. The highest BCUT2D eigenvalue weighted by molar-refractivity contribution is 5.74. The van der Waals surface area contributed by atoms with Crippen LogP contribution in [0.1, 0.15) is 49.0 Å². The summed E-state index contributed by atoms with van der Waals surface area (Å²) in [4.78, 5) is 12.4. The molecule has 1 aromatic heterocycles. The standard InChI is InChI=1S/C20H26N2O3/c1-13-9-16-17(10-20(2,3)11-18(16)25-13)22-19(23)21-12-14-5-7-15(24-4)8-6-14/h5-9,17H,10-12H2,1-4H3,(H2,21,22,23). The summed E-state index contributed by atoms with van der Waals surface area (Å²) in [5, 5.41) is 6.03. The number of rotatable bonds is 4. The Morgan fingerprint density at radius 1 is 1.32 bits per heavy atom. The molecule has 1 aliphatic carbocycles. The number of ether oxygens (including phenoxy) is 1. The van der Waals surface area contributed by atoms with Crippen molar-refractivity contribution in [2.45, 2.75) is 46.2 Å². The van der Waals surface area contributed by atoms with Crippen LogP contribution >= 0.6 is 0 Å². The monoisotopic (exact) mass is 342 g/mol. The number of aryl methyl sites for hydroxylation is 1. The van der Waals surface area contributed by atoms with E-state index in [0.717, 1.165) is 41.2 Å². The summed E-state index contributed by atoms with van der Waals surface area (Å²) >= 11 is 0. The quantitative estimate of drug-likeness (QED) is 0.879. The van der Waals surface area contributed by atoms with Crippen LogP contribution in [0.4, 0.5) is 4.79 Å². The number of hydrogen-bond acceptors (Lipinski definition) is 3. The topological polar surface area (TPSA) is 63.5 Å². The number of furan rings is 1. The van der Waals surface area contributed by atoms with Gasteiger partial charge >= 0.3 is 6.03 Å². The second-order valence-corrected chi connectivity index (χ2v) is 7.51. The molecular formula is C20H26N2O3. The molecule has 5 nitrogen and oxygen atoms in total. The van der Waals surface area contributed by atoms with E-state index in [9.17, 15) is 4.79 Å². The van der Waals surface area contributed by atoms with E-state index in [1.54, 1.807) is 7.11 Å². The van der Waals surface area contributed by atoms with Gasteiger partial charge in [-0.05, 0) is 42.5 Å². The Morgan fingerprint density at radius 2 is 2.04 bits per heavy atom. The van der Waals surface area contributed by atoms with Gasteiger partial charge in [0, 0.05) is 18.5 Å². The smallest absolute Gasteiger partial charge is 0.315 e. The van der Waals surface area contributed by atoms with Gasteiger partial charge in [0.2, 0.25) is 0 Å². The maximum absolute atomic E-state index is 12.4. The third kappa shape index (κ3) is 4.16. The second-order valence-electron chi connectivity index (χ2n) is 7.51. The van der Waals surface area contributed by atoms with E-state index >= 15 is 0 Å². The van der Waals surface area contributed by atoms with Gasteiger partial charge < -0.3 is 19.8 Å². The van der Waals surface area contributed by atoms with Gasteiger partial charge in [0.1, 0.15) is 17.3 Å². The van der Waals surface area contributed by atoms with Crippen LogP contribution in [0.15, 0.2) is 34.7 Å². The second kappa shape index (κ2) is 6.82. The lowest BCUT2D eigenvalue weighted by atomic mass is 9.75. The van der Waals surface area contributed by atoms with E-state index in [0.29, 0.717) is 6.54 Å². The lowest BCUT2D eigenvalue weighted by Crippen LogP contribution is -2.41. The highest BCUT2D eigenvalue weighted by Crippen LogP contribution is 2.41. The van der Waals surface area contributed by atoms with Crippen LogP contribution in [0.25, 0.3) is 0 Å². The zero-order valence-corrected chi connectivity index (χ0v) is 15.3. The van der Waals surface area contributed by atoms with Gasteiger partial charge in [0.15, 0.2) is 0 Å². The Kier molecular flexibility index (Phi) is 4.75. The first kappa shape index (κ1) is 17.4. The number of benzene rings is 1. The summed E-state index contributed by atoms with van der Waals surface area (Å²) in [5.74, 6) is 2.70. The predicted molar refractivity (Wildman–Crippen MR) is 96.7 cm³/mol. The third-order valence-corrected chi connectivity index (χ3v) is 4.65. The van der Waals surface area contributed by atoms with Gasteiger partial charge in [0.25, 0.3) is 0 Å². The van der Waals surface area contributed by atoms with Gasteiger partial charge in [0.05, 0.1) is 13.2 Å². The number of methoxy groups -OCH3 is 1. The average Bonchev–Trinajstić information content (AvgIpc) is 2.92. The maximum atomic E-state index is 12.4. The maximum Gasteiger partial charge on any atom is 0.315 e. The minimum atomic E-state index is -0.164. The van der Waals surface area contributed by atoms with Crippen LogP contribution in [-0.2, 0) is 13.0 Å². The van der Waals surface area contributed by atoms with Crippen molar-refractivity contribution in [2.24, 2.45) is 5.41 Å². The summed E-state index contributed by atoms with van der Waals surface area (Å²) in [6.45, 7) is 6.84. The Morgan fingerprint density at radius 3 is 2.72 bits per heavy atom. The Balaban J connectivity index is 1.62. The molecule has 2 N–H and O–H groups in total. The molecule has 25 heavy (non-hydrogen) atoms. The van der Waals surface area contributed by atoms with E-state index < -0.39 is 0 Å². The fourth-order valence-corrected chi connectivity index (χ4v) is 3.45. The minimum Gasteiger partial charge on any atom is -0.497 e. The molecule has 2 aromatic rings. The van der Waals surface area contributed by atoms with Gasteiger partial charge in [-0.15, -0.1) is 0 Å². The van der Waals surface area contributed by atoms with Crippen LogP contribution in [0.3, 0.4) is 0 Å². The van der Waals surface area contributed by atoms with Crippen molar-refractivity contribution >= 4 is 6.03 Å². The Bertz CT molecular complexity index is 747. The van der Waals surface area contributed by atoms with Crippen LogP contribution in [0.5, 0.6) is 5.75 Å². The highest BCUT2D eigenvalue weighted by Gasteiger charge is 2.35. The molecule has 1 atom stereocenters. The molecule has 0 bridgehead atoms. The van der Waals surface area contributed by atoms with Crippen LogP contribution in [0.2, 0.25) is 0 Å². The van der Waals surface area contributed by atoms with Crippen molar-refractivity contribution in [1.29, 1.82) is 0 Å². The number of nitrogens with one attached hydrogen (secondary N) is 2. The van der Waals surface area contributed by atoms with Crippen molar-refractivity contribution < 1.29 is 13.9 Å². The molecule has 0 saturated carbocycles. The molecule has 2 amide bonds. The number of carbonyl (C=O) groups excluding carboxylic acids is 1. The molecule has 0 spiro atoms. The van der Waals surface area contributed by atoms with Crippen molar-refractivity contribution in [3.63, 3.8) is 0 Å². The van der Waals surface area contributed by atoms with Crippen LogP contribution in [-0.4, -0.2) is 13.1 Å². The Hall–Kier alpha value is -2.43. The molecular weight excluding hydrogens is 316 g/mol. The number of amides is 2. The molecule has 1 aromatic carbocycles. The molecule has 0 fully saturated rings. The van der Waals surface area contributed by atoms with Crippen molar-refractivity contribution in [3.8, 4) is 5.75 Å². The van der Waals surface area contributed by atoms with E-state index in [1.165, 1.54) is 0 Å². The number of hydrogen-bond donors (Lipinski definition) is 2. The summed E-state index contributed by atoms with van der Waals surface area (Å²) in [6, 6.07) is 9.52. The van der Waals surface area contributed by atoms with E-state index in [-0.39, 0.29) is 17.5 Å². The molecule has 5 heteroatoms. The zero-order valence-electron chi connectivity index (χ0n) is 15.3. The van der Waals surface area contributed by atoms with E-state index in [2.05, 4.69) is 24.5 Å². The van der Waals surface area contributed by atoms with Crippen molar-refractivity contribution in [1.82, 2.24) is 10.6 Å². The normalized spacial score (nSPS) is 18.3. The molecule has 1 heterocycles. The average molecular weight is 342 g/mol. The van der Waals surface area contributed by atoms with Crippen LogP contribution < -0.4 is 15.4 Å². The van der Waals surface area contributed by atoms with Crippen molar-refractivity contribution in [3.05, 3.63) is 53.0 Å². The third-order valence-electron chi connectivity index (χ3n) is 4.65. The van der Waals surface area contributed by atoms with Crippen molar-refractivity contribution in [2.75, 3.05) is 7.11 Å². The first-order valence-electron chi connectivity index (χ1n) is 8.63. The largest absolute Gasteiger partial charge is 0.497 e. The first-order valence-corrected chi connectivity index (χ1v) is 8.63. The lowest BCUT2D eigenvalue weighted by molar-refractivity contribution is 0.214. The number of carbonyl (C=O) groups is 1. The first-order chi connectivity index (χ1) is 11.9. The molecule has 134 valence electrons. The lowest BCUT2D eigenvalue weighted by Gasteiger charge is -2.34. The summed E-state index contributed by atoms with van der Waals surface area (Å²) in [7, 11) is 1.64. The van der Waals surface area contributed by atoms with E-state index in [4.69, 9.17) is 9.15 Å². The highest BCUT2D eigenvalue weighted by atomic mass is 16.5. The van der Waals surface area contributed by atoms with Crippen LogP contribution in [0, 0.1) is 12.3 Å². The summed E-state index contributed by atoms with van der Waals surface area (Å²) in [5.41, 5.74) is 2.24. The molecule has 0 radical (unpaired) electrons. The molecule has 3 rings (SSSR count). The number of fused-ring (bicyclic) bond motifs is 1.